The number of aromatic amines is 1. The van der Waals surface area contributed by atoms with Crippen molar-refractivity contribution in [3.63, 3.8) is 0 Å². The lowest BCUT2D eigenvalue weighted by molar-refractivity contribution is 0.103. The van der Waals surface area contributed by atoms with Crippen LogP contribution in [0.3, 0.4) is 0 Å². The lowest BCUT2D eigenvalue weighted by atomic mass is 10.0. The predicted octanol–water partition coefficient (Wildman–Crippen LogP) is 1.29. The van der Waals surface area contributed by atoms with E-state index in [0.29, 0.717) is 17.7 Å². The molecule has 0 aromatic carbocycles. The molecule has 0 atom stereocenters. The molecule has 2 aromatic rings. The summed E-state index contributed by atoms with van der Waals surface area (Å²) in [5.41, 5.74) is 1.07. The second-order valence-corrected chi connectivity index (χ2v) is 4.15. The number of ketones is 1. The van der Waals surface area contributed by atoms with Gasteiger partial charge in [0.25, 0.3) is 5.56 Å². The molecular weight excluding hydrogens is 230 g/mol. The van der Waals surface area contributed by atoms with Crippen molar-refractivity contribution in [2.24, 2.45) is 7.05 Å². The van der Waals surface area contributed by atoms with E-state index in [0.717, 1.165) is 6.42 Å². The van der Waals surface area contributed by atoms with Crippen molar-refractivity contribution in [1.82, 2.24) is 14.8 Å². The van der Waals surface area contributed by atoms with Gasteiger partial charge in [-0.05, 0) is 18.6 Å². The van der Waals surface area contributed by atoms with Gasteiger partial charge in [-0.25, -0.2) is 0 Å². The Kier molecular flexibility index (Phi) is 3.41. The van der Waals surface area contributed by atoms with Crippen molar-refractivity contribution >= 4 is 5.78 Å². The van der Waals surface area contributed by atoms with Crippen molar-refractivity contribution in [3.8, 4) is 0 Å². The molecule has 94 valence electrons. The zero-order valence-electron chi connectivity index (χ0n) is 10.4. The van der Waals surface area contributed by atoms with Gasteiger partial charge in [-0.3, -0.25) is 24.4 Å². The molecule has 2 aromatic heterocycles. The molecular formula is C13H15N3O2. The number of pyridine rings is 1. The van der Waals surface area contributed by atoms with Gasteiger partial charge < -0.3 is 0 Å². The highest BCUT2D eigenvalue weighted by atomic mass is 16.2. The number of nitrogens with one attached hydrogen (secondary N) is 1. The van der Waals surface area contributed by atoms with Crippen LogP contribution < -0.4 is 5.56 Å². The Morgan fingerprint density at radius 1 is 1.50 bits per heavy atom. The van der Waals surface area contributed by atoms with Gasteiger partial charge in [0.1, 0.15) is 5.56 Å². The van der Waals surface area contributed by atoms with Gasteiger partial charge in [-0.1, -0.05) is 13.3 Å². The molecule has 1 N–H and O–H groups in total. The second-order valence-electron chi connectivity index (χ2n) is 4.15. The minimum Gasteiger partial charge on any atom is -0.299 e. The summed E-state index contributed by atoms with van der Waals surface area (Å²) in [7, 11) is 1.61. The van der Waals surface area contributed by atoms with E-state index in [1.54, 1.807) is 25.4 Å². The number of hydrogen-bond acceptors (Lipinski definition) is 3. The summed E-state index contributed by atoms with van der Waals surface area (Å²) in [5, 5.41) is 2.93. The first-order valence-corrected chi connectivity index (χ1v) is 5.87. The highest BCUT2D eigenvalue weighted by Gasteiger charge is 2.20. The second kappa shape index (κ2) is 5.00. The standard InChI is InChI=1S/C13H15N3O2/c1-3-5-10-11(13(18)16(2)15-10)12(17)9-6-4-7-14-8-9/h4,6-8,15H,3,5H2,1-2H3. The number of H-pyrrole nitrogens is 1. The molecule has 0 spiro atoms. The first kappa shape index (κ1) is 12.3. The first-order valence-electron chi connectivity index (χ1n) is 5.87. The van der Waals surface area contributed by atoms with Gasteiger partial charge in [0.15, 0.2) is 0 Å². The largest absolute Gasteiger partial charge is 0.299 e. The van der Waals surface area contributed by atoms with E-state index < -0.39 is 0 Å². The van der Waals surface area contributed by atoms with Crippen LogP contribution in [-0.2, 0) is 13.5 Å². The molecule has 2 rings (SSSR count). The fraction of sp³-hybridized carbons (Fsp3) is 0.308. The maximum Gasteiger partial charge on any atom is 0.277 e. The molecule has 0 fully saturated rings. The van der Waals surface area contributed by atoms with Gasteiger partial charge in [0.05, 0.1) is 0 Å². The summed E-state index contributed by atoms with van der Waals surface area (Å²) < 4.78 is 1.34. The summed E-state index contributed by atoms with van der Waals surface area (Å²) in [5.74, 6) is -0.270. The average molecular weight is 245 g/mol. The summed E-state index contributed by atoms with van der Waals surface area (Å²) in [6, 6.07) is 3.35. The number of carbonyl (C=O) groups is 1. The van der Waals surface area contributed by atoms with Gasteiger partial charge in [-0.2, -0.15) is 0 Å². The maximum absolute atomic E-state index is 12.3. The van der Waals surface area contributed by atoms with Crippen LogP contribution in [0.25, 0.3) is 0 Å². The van der Waals surface area contributed by atoms with Crippen LogP contribution in [0.2, 0.25) is 0 Å². The number of hydrogen-bond donors (Lipinski definition) is 1. The Morgan fingerprint density at radius 3 is 2.89 bits per heavy atom. The predicted molar refractivity (Wildman–Crippen MR) is 67.7 cm³/mol. The molecule has 0 aliphatic rings. The van der Waals surface area contributed by atoms with Crippen LogP contribution in [0.5, 0.6) is 0 Å². The molecule has 0 aliphatic carbocycles. The van der Waals surface area contributed by atoms with Crippen molar-refractivity contribution in [1.29, 1.82) is 0 Å². The number of nitrogens with zero attached hydrogens (tertiary/aromatic N) is 2. The van der Waals surface area contributed by atoms with Gasteiger partial charge >= 0.3 is 0 Å². The molecule has 0 unspecified atom stereocenters. The van der Waals surface area contributed by atoms with Crippen LogP contribution in [0, 0.1) is 0 Å². The van der Waals surface area contributed by atoms with E-state index in [1.807, 2.05) is 6.92 Å². The Morgan fingerprint density at radius 2 is 2.28 bits per heavy atom. The van der Waals surface area contributed by atoms with E-state index in [2.05, 4.69) is 10.1 Å². The van der Waals surface area contributed by atoms with Crippen molar-refractivity contribution < 1.29 is 4.79 Å². The minimum absolute atomic E-state index is 0.229. The fourth-order valence-corrected chi connectivity index (χ4v) is 1.91. The third-order valence-corrected chi connectivity index (χ3v) is 2.77. The third kappa shape index (κ3) is 2.11. The van der Waals surface area contributed by atoms with E-state index in [-0.39, 0.29) is 16.9 Å². The summed E-state index contributed by atoms with van der Waals surface area (Å²) in [4.78, 5) is 28.2. The van der Waals surface area contributed by atoms with E-state index in [9.17, 15) is 9.59 Å². The summed E-state index contributed by atoms with van der Waals surface area (Å²) in [6.07, 6.45) is 4.62. The van der Waals surface area contributed by atoms with E-state index >= 15 is 0 Å². The number of aromatic nitrogens is 3. The van der Waals surface area contributed by atoms with Gasteiger partial charge in [0, 0.05) is 30.7 Å². The molecule has 0 saturated carbocycles. The van der Waals surface area contributed by atoms with Crippen molar-refractivity contribution in [3.05, 3.63) is 51.7 Å². The highest BCUT2D eigenvalue weighted by Crippen LogP contribution is 2.10. The Bertz CT molecular complexity index is 611. The average Bonchev–Trinajstić information content (AvgIpc) is 2.66. The van der Waals surface area contributed by atoms with Crippen LogP contribution in [-0.4, -0.2) is 20.5 Å². The Balaban J connectivity index is 2.51. The zero-order chi connectivity index (χ0) is 13.1. The number of aryl methyl sites for hydroxylation is 2. The quantitative estimate of drug-likeness (QED) is 0.825. The van der Waals surface area contributed by atoms with Crippen molar-refractivity contribution in [2.45, 2.75) is 19.8 Å². The molecule has 2 heterocycles. The van der Waals surface area contributed by atoms with Crippen LogP contribution in [0.1, 0.15) is 35.0 Å². The van der Waals surface area contributed by atoms with Gasteiger partial charge in [0.2, 0.25) is 5.78 Å². The fourth-order valence-electron chi connectivity index (χ4n) is 1.91. The highest BCUT2D eigenvalue weighted by molar-refractivity contribution is 6.09. The molecule has 5 heteroatoms. The smallest absolute Gasteiger partial charge is 0.277 e. The molecule has 0 aliphatic heterocycles. The zero-order valence-corrected chi connectivity index (χ0v) is 10.4. The molecule has 0 bridgehead atoms. The summed E-state index contributed by atoms with van der Waals surface area (Å²) in [6.45, 7) is 2.00. The van der Waals surface area contributed by atoms with Crippen molar-refractivity contribution in [2.75, 3.05) is 0 Å². The van der Waals surface area contributed by atoms with Gasteiger partial charge in [-0.15, -0.1) is 0 Å². The maximum atomic E-state index is 12.3. The SMILES string of the molecule is CCCc1[nH]n(C)c(=O)c1C(=O)c1cccnc1. The van der Waals surface area contributed by atoms with Crippen LogP contribution >= 0.6 is 0 Å². The topological polar surface area (TPSA) is 67.8 Å². The molecule has 0 saturated heterocycles. The molecule has 18 heavy (non-hydrogen) atoms. The summed E-state index contributed by atoms with van der Waals surface area (Å²) >= 11 is 0. The first-order chi connectivity index (χ1) is 8.65. The Hall–Kier alpha value is -2.17. The lowest BCUT2D eigenvalue weighted by Crippen LogP contribution is -2.19. The number of rotatable bonds is 4. The monoisotopic (exact) mass is 245 g/mol. The molecule has 0 amide bonds. The Labute approximate surface area is 104 Å². The van der Waals surface area contributed by atoms with E-state index in [4.69, 9.17) is 0 Å². The third-order valence-electron chi connectivity index (χ3n) is 2.77. The van der Waals surface area contributed by atoms with Crippen LogP contribution in [0.15, 0.2) is 29.3 Å². The van der Waals surface area contributed by atoms with Crippen LogP contribution in [0.4, 0.5) is 0 Å². The lowest BCUT2D eigenvalue weighted by Gasteiger charge is -1.99. The van der Waals surface area contributed by atoms with E-state index in [1.165, 1.54) is 10.9 Å². The normalized spacial score (nSPS) is 10.6. The minimum atomic E-state index is -0.285. The number of carbonyl (C=O) groups excluding carboxylic acids is 1. The molecule has 5 nitrogen and oxygen atoms in total. The molecule has 0 radical (unpaired) electrons.